The zero-order chi connectivity index (χ0) is 17.5. The number of benzene rings is 1. The molecule has 0 bridgehead atoms. The number of nitrogens with one attached hydrogen (secondary N) is 1. The van der Waals surface area contributed by atoms with Gasteiger partial charge in [-0.1, -0.05) is 45.1 Å². The van der Waals surface area contributed by atoms with E-state index in [1.807, 2.05) is 0 Å². The van der Waals surface area contributed by atoms with Crippen LogP contribution in [0, 0.1) is 11.2 Å². The van der Waals surface area contributed by atoms with Gasteiger partial charge in [0.15, 0.2) is 0 Å². The highest BCUT2D eigenvalue weighted by Gasteiger charge is 2.10. The Morgan fingerprint density at radius 3 is 2.39 bits per heavy atom. The zero-order valence-corrected chi connectivity index (χ0v) is 14.7. The van der Waals surface area contributed by atoms with Gasteiger partial charge in [-0.15, -0.1) is 0 Å². The molecule has 0 aliphatic heterocycles. The maximum Gasteiger partial charge on any atom is 0.264 e. The monoisotopic (exact) mass is 343 g/mol. The van der Waals surface area contributed by atoms with Crippen molar-refractivity contribution >= 4 is 10.1 Å². The minimum absolute atomic E-state index is 0.0149. The summed E-state index contributed by atoms with van der Waals surface area (Å²) in [4.78, 5) is 0. The van der Waals surface area contributed by atoms with E-state index in [0.29, 0.717) is 19.4 Å². The molecule has 1 atom stereocenters. The van der Waals surface area contributed by atoms with Gasteiger partial charge in [0.2, 0.25) is 0 Å². The Kier molecular flexibility index (Phi) is 7.38. The Hall–Kier alpha value is -1.24. The normalized spacial score (nSPS) is 14.3. The third-order valence-electron chi connectivity index (χ3n) is 3.18. The summed E-state index contributed by atoms with van der Waals surface area (Å²) in [5.41, 5.74) is 1.04. The van der Waals surface area contributed by atoms with Crippen LogP contribution in [-0.2, 0) is 16.5 Å². The topological polar surface area (TPSA) is 66.4 Å². The van der Waals surface area contributed by atoms with Crippen LogP contribution >= 0.6 is 0 Å². The van der Waals surface area contributed by atoms with E-state index < -0.39 is 10.1 Å². The van der Waals surface area contributed by atoms with E-state index in [-0.39, 0.29) is 23.0 Å². The fraction of sp³-hybridized carbons (Fsp3) is 0.529. The van der Waals surface area contributed by atoms with E-state index in [0.717, 1.165) is 5.56 Å². The largest absolute Gasteiger partial charge is 0.310 e. The smallest absolute Gasteiger partial charge is 0.264 e. The number of allylic oxidation sites excluding steroid dienone is 1. The van der Waals surface area contributed by atoms with Gasteiger partial charge in [0.25, 0.3) is 10.1 Å². The van der Waals surface area contributed by atoms with Crippen molar-refractivity contribution in [2.45, 2.75) is 39.7 Å². The molecule has 0 aliphatic rings. The van der Waals surface area contributed by atoms with Gasteiger partial charge in [0.05, 0.1) is 5.75 Å². The second-order valence-electron chi connectivity index (χ2n) is 6.76. The summed E-state index contributed by atoms with van der Waals surface area (Å²) in [5, 5.41) is 3.27. The van der Waals surface area contributed by atoms with Crippen molar-refractivity contribution in [2.75, 3.05) is 12.3 Å². The molecule has 0 spiro atoms. The molecule has 1 aromatic carbocycles. The molecule has 1 aromatic rings. The molecule has 0 radical (unpaired) electrons. The van der Waals surface area contributed by atoms with Crippen LogP contribution in [0.15, 0.2) is 36.4 Å². The first kappa shape index (κ1) is 19.8. The van der Waals surface area contributed by atoms with E-state index in [9.17, 15) is 12.8 Å². The van der Waals surface area contributed by atoms with Gasteiger partial charge in [0.1, 0.15) is 5.82 Å². The molecule has 0 aromatic heterocycles. The molecule has 0 saturated carbocycles. The lowest BCUT2D eigenvalue weighted by molar-refractivity contribution is 0.478. The molecule has 6 heteroatoms. The second kappa shape index (κ2) is 8.57. The lowest BCUT2D eigenvalue weighted by atomic mass is 9.94. The molecule has 0 amide bonds. The SMILES string of the molecule is CC(C)(C)C=C[C@H](Cc1ccc(F)cc1)NCCCS(=O)(=O)O. The minimum Gasteiger partial charge on any atom is -0.310 e. The van der Waals surface area contributed by atoms with Crippen molar-refractivity contribution in [2.24, 2.45) is 5.41 Å². The molecule has 130 valence electrons. The number of hydrogen-bond acceptors (Lipinski definition) is 3. The highest BCUT2D eigenvalue weighted by Crippen LogP contribution is 2.16. The van der Waals surface area contributed by atoms with Gasteiger partial charge >= 0.3 is 0 Å². The van der Waals surface area contributed by atoms with Crippen LogP contribution < -0.4 is 5.32 Å². The number of hydrogen-bond donors (Lipinski definition) is 2. The zero-order valence-electron chi connectivity index (χ0n) is 13.9. The summed E-state index contributed by atoms with van der Waals surface area (Å²) in [5.74, 6) is -0.525. The Labute approximate surface area is 138 Å². The average molecular weight is 343 g/mol. The highest BCUT2D eigenvalue weighted by molar-refractivity contribution is 7.85. The summed E-state index contributed by atoms with van der Waals surface area (Å²) in [7, 11) is -3.92. The second-order valence-corrected chi connectivity index (χ2v) is 8.33. The van der Waals surface area contributed by atoms with Gasteiger partial charge in [-0.2, -0.15) is 8.42 Å². The first-order chi connectivity index (χ1) is 10.6. The number of halogens is 1. The first-order valence-electron chi connectivity index (χ1n) is 7.67. The van der Waals surface area contributed by atoms with Crippen molar-refractivity contribution in [1.29, 1.82) is 0 Å². The summed E-state index contributed by atoms with van der Waals surface area (Å²) in [6, 6.07) is 6.36. The lowest BCUT2D eigenvalue weighted by Gasteiger charge is -2.18. The summed E-state index contributed by atoms with van der Waals surface area (Å²) in [6.07, 6.45) is 5.16. The molecule has 0 heterocycles. The maximum absolute atomic E-state index is 13.0. The van der Waals surface area contributed by atoms with Crippen molar-refractivity contribution in [1.82, 2.24) is 5.32 Å². The Morgan fingerprint density at radius 1 is 1.26 bits per heavy atom. The van der Waals surface area contributed by atoms with Crippen LogP contribution in [0.25, 0.3) is 0 Å². The molecule has 23 heavy (non-hydrogen) atoms. The molecule has 0 unspecified atom stereocenters. The fourth-order valence-electron chi connectivity index (χ4n) is 2.03. The quantitative estimate of drug-likeness (QED) is 0.432. The van der Waals surface area contributed by atoms with Crippen LogP contribution in [0.4, 0.5) is 4.39 Å². The van der Waals surface area contributed by atoms with Crippen LogP contribution in [-0.4, -0.2) is 31.3 Å². The van der Waals surface area contributed by atoms with Gasteiger partial charge < -0.3 is 5.32 Å². The molecule has 0 fully saturated rings. The Morgan fingerprint density at radius 2 is 1.87 bits per heavy atom. The van der Waals surface area contributed by atoms with Gasteiger partial charge in [-0.05, 0) is 42.5 Å². The first-order valence-corrected chi connectivity index (χ1v) is 9.28. The van der Waals surface area contributed by atoms with Crippen molar-refractivity contribution in [3.05, 3.63) is 47.8 Å². The predicted octanol–water partition coefficient (Wildman–Crippen LogP) is 3.21. The minimum atomic E-state index is -3.92. The van der Waals surface area contributed by atoms with Crippen LogP contribution in [0.2, 0.25) is 0 Å². The van der Waals surface area contributed by atoms with Crippen molar-refractivity contribution in [3.8, 4) is 0 Å². The molecule has 2 N–H and O–H groups in total. The average Bonchev–Trinajstić information content (AvgIpc) is 2.41. The van der Waals surface area contributed by atoms with E-state index in [4.69, 9.17) is 4.55 Å². The van der Waals surface area contributed by atoms with Gasteiger partial charge in [0, 0.05) is 6.04 Å². The molecule has 0 saturated heterocycles. The van der Waals surface area contributed by atoms with E-state index in [1.54, 1.807) is 12.1 Å². The molecule has 4 nitrogen and oxygen atoms in total. The molecular weight excluding hydrogens is 317 g/mol. The van der Waals surface area contributed by atoms with E-state index >= 15 is 0 Å². The molecular formula is C17H26FNO3S. The third-order valence-corrected chi connectivity index (χ3v) is 3.99. The molecule has 0 aliphatic carbocycles. The summed E-state index contributed by atoms with van der Waals surface area (Å²) < 4.78 is 43.2. The summed E-state index contributed by atoms with van der Waals surface area (Å²) in [6.45, 7) is 6.75. The van der Waals surface area contributed by atoms with Crippen LogP contribution in [0.1, 0.15) is 32.8 Å². The van der Waals surface area contributed by atoms with Crippen molar-refractivity contribution in [3.63, 3.8) is 0 Å². The Bertz CT molecular complexity index is 604. The van der Waals surface area contributed by atoms with Crippen LogP contribution in [0.5, 0.6) is 0 Å². The fourth-order valence-corrected chi connectivity index (χ4v) is 2.54. The molecule has 1 rings (SSSR count). The Balaban J connectivity index is 2.65. The van der Waals surface area contributed by atoms with Crippen molar-refractivity contribution < 1.29 is 17.4 Å². The van der Waals surface area contributed by atoms with Gasteiger partial charge in [-0.25, -0.2) is 4.39 Å². The lowest BCUT2D eigenvalue weighted by Crippen LogP contribution is -2.31. The summed E-state index contributed by atoms with van der Waals surface area (Å²) >= 11 is 0. The van der Waals surface area contributed by atoms with E-state index in [2.05, 4.69) is 38.2 Å². The predicted molar refractivity (Wildman–Crippen MR) is 91.5 cm³/mol. The standard InChI is InChI=1S/C17H26FNO3S/c1-17(2,3)10-9-16(19-11-4-12-23(20,21)22)13-14-5-7-15(18)8-6-14/h5-10,16,19H,4,11-13H2,1-3H3,(H,20,21,22)/t16-/m1/s1. The third kappa shape index (κ3) is 10.2. The maximum atomic E-state index is 13.0. The number of rotatable bonds is 8. The van der Waals surface area contributed by atoms with Crippen LogP contribution in [0.3, 0.4) is 0 Å². The highest BCUT2D eigenvalue weighted by atomic mass is 32.2. The van der Waals surface area contributed by atoms with Gasteiger partial charge in [-0.3, -0.25) is 4.55 Å². The van der Waals surface area contributed by atoms with E-state index in [1.165, 1.54) is 12.1 Å².